The van der Waals surface area contributed by atoms with Gasteiger partial charge in [-0.25, -0.2) is 0 Å². The second-order valence-corrected chi connectivity index (χ2v) is 4.93. The van der Waals surface area contributed by atoms with Gasteiger partial charge in [-0.2, -0.15) is 0 Å². The third kappa shape index (κ3) is 1.99. The molecule has 0 atom stereocenters. The molecule has 1 heterocycles. The zero-order valence-corrected chi connectivity index (χ0v) is 12.1. The number of para-hydroxylation sites is 1. The number of rotatable bonds is 3. The van der Waals surface area contributed by atoms with E-state index in [9.17, 15) is 9.90 Å². The van der Waals surface area contributed by atoms with Gasteiger partial charge in [0.25, 0.3) is 5.56 Å². The van der Waals surface area contributed by atoms with Gasteiger partial charge in [-0.15, -0.1) is 0 Å². The lowest BCUT2D eigenvalue weighted by atomic mass is 10.0. The van der Waals surface area contributed by atoms with Crippen molar-refractivity contribution in [3.8, 4) is 5.75 Å². The van der Waals surface area contributed by atoms with Gasteiger partial charge in [-0.3, -0.25) is 4.79 Å². The van der Waals surface area contributed by atoms with Crippen molar-refractivity contribution in [1.82, 2.24) is 4.57 Å². The molecule has 0 aliphatic heterocycles. The number of aliphatic hydroxyl groups excluding tert-OH is 1. The van der Waals surface area contributed by atoms with E-state index in [-0.39, 0.29) is 12.2 Å². The summed E-state index contributed by atoms with van der Waals surface area (Å²) in [6.07, 6.45) is 0. The number of hydrogen-bond donors (Lipinski definition) is 1. The number of ether oxygens (including phenoxy) is 1. The standard InChI is InChI=1S/C17H17NO3/c1-3-18-16-11(10-19)5-4-6-14(16)13-8-7-12(21-2)9-15(13)17(18)20/h4-9,19H,3,10H2,1-2H3. The van der Waals surface area contributed by atoms with Crippen LogP contribution in [0.25, 0.3) is 21.7 Å². The predicted octanol–water partition coefficient (Wildman–Crippen LogP) is 2.68. The van der Waals surface area contributed by atoms with E-state index in [2.05, 4.69) is 0 Å². The predicted molar refractivity (Wildman–Crippen MR) is 83.9 cm³/mol. The molecule has 1 N–H and O–H groups in total. The molecule has 21 heavy (non-hydrogen) atoms. The van der Waals surface area contributed by atoms with E-state index in [1.807, 2.05) is 37.3 Å². The Kier molecular flexibility index (Phi) is 3.39. The first-order chi connectivity index (χ1) is 10.2. The average molecular weight is 283 g/mol. The van der Waals surface area contributed by atoms with Crippen LogP contribution >= 0.6 is 0 Å². The molecule has 0 bridgehead atoms. The van der Waals surface area contributed by atoms with Gasteiger partial charge in [0, 0.05) is 17.5 Å². The molecule has 0 radical (unpaired) electrons. The number of pyridine rings is 1. The summed E-state index contributed by atoms with van der Waals surface area (Å²) in [7, 11) is 1.59. The van der Waals surface area contributed by atoms with E-state index >= 15 is 0 Å². The Morgan fingerprint density at radius 3 is 2.62 bits per heavy atom. The summed E-state index contributed by atoms with van der Waals surface area (Å²) in [6, 6.07) is 11.3. The van der Waals surface area contributed by atoms with Gasteiger partial charge in [0.2, 0.25) is 0 Å². The fraction of sp³-hybridized carbons (Fsp3) is 0.235. The van der Waals surface area contributed by atoms with Gasteiger partial charge in [-0.1, -0.05) is 18.2 Å². The Balaban J connectivity index is 2.59. The Labute approximate surface area is 122 Å². The number of aryl methyl sites for hydroxylation is 1. The SMILES string of the molecule is CCn1c(=O)c2cc(OC)ccc2c2cccc(CO)c21. The minimum Gasteiger partial charge on any atom is -0.497 e. The van der Waals surface area contributed by atoms with Crippen LogP contribution in [0.2, 0.25) is 0 Å². The molecule has 4 heteroatoms. The number of nitrogens with zero attached hydrogens (tertiary/aromatic N) is 1. The minimum absolute atomic E-state index is 0.0557. The fourth-order valence-corrected chi connectivity index (χ4v) is 2.87. The normalized spacial score (nSPS) is 11.2. The fourth-order valence-electron chi connectivity index (χ4n) is 2.87. The average Bonchev–Trinajstić information content (AvgIpc) is 2.54. The summed E-state index contributed by atoms with van der Waals surface area (Å²) in [6.45, 7) is 2.40. The van der Waals surface area contributed by atoms with Gasteiger partial charge in [-0.05, 0) is 30.5 Å². The molecule has 0 amide bonds. The van der Waals surface area contributed by atoms with Crippen LogP contribution in [0.5, 0.6) is 5.75 Å². The lowest BCUT2D eigenvalue weighted by Crippen LogP contribution is -2.21. The van der Waals surface area contributed by atoms with Crippen molar-refractivity contribution < 1.29 is 9.84 Å². The van der Waals surface area contributed by atoms with Crippen molar-refractivity contribution in [2.24, 2.45) is 0 Å². The highest BCUT2D eigenvalue weighted by molar-refractivity contribution is 6.06. The summed E-state index contributed by atoms with van der Waals surface area (Å²) >= 11 is 0. The molecule has 3 aromatic rings. The molecule has 2 aromatic carbocycles. The van der Waals surface area contributed by atoms with Gasteiger partial charge < -0.3 is 14.4 Å². The third-order valence-corrected chi connectivity index (χ3v) is 3.87. The van der Waals surface area contributed by atoms with Crippen molar-refractivity contribution in [2.75, 3.05) is 7.11 Å². The molecule has 0 fully saturated rings. The van der Waals surface area contributed by atoms with E-state index in [1.165, 1.54) is 0 Å². The molecular formula is C17H17NO3. The van der Waals surface area contributed by atoms with Crippen molar-refractivity contribution in [2.45, 2.75) is 20.1 Å². The van der Waals surface area contributed by atoms with Crippen LogP contribution in [0.1, 0.15) is 12.5 Å². The molecule has 0 saturated heterocycles. The van der Waals surface area contributed by atoms with Crippen molar-refractivity contribution in [1.29, 1.82) is 0 Å². The molecule has 0 unspecified atom stereocenters. The van der Waals surface area contributed by atoms with Crippen LogP contribution in [-0.4, -0.2) is 16.8 Å². The summed E-state index contributed by atoms with van der Waals surface area (Å²) in [5, 5.41) is 12.1. The molecule has 1 aromatic heterocycles. The molecule has 4 nitrogen and oxygen atoms in total. The van der Waals surface area contributed by atoms with Crippen LogP contribution in [-0.2, 0) is 13.2 Å². The lowest BCUT2D eigenvalue weighted by molar-refractivity contribution is 0.283. The van der Waals surface area contributed by atoms with Gasteiger partial charge in [0.15, 0.2) is 0 Å². The number of fused-ring (bicyclic) bond motifs is 3. The van der Waals surface area contributed by atoms with Crippen LogP contribution in [0.4, 0.5) is 0 Å². The van der Waals surface area contributed by atoms with Crippen LogP contribution < -0.4 is 10.3 Å². The topological polar surface area (TPSA) is 51.5 Å². The summed E-state index contributed by atoms with van der Waals surface area (Å²) in [5.74, 6) is 0.667. The Morgan fingerprint density at radius 1 is 1.14 bits per heavy atom. The smallest absolute Gasteiger partial charge is 0.259 e. The Hall–Kier alpha value is -2.33. The van der Waals surface area contributed by atoms with Crippen LogP contribution in [0, 0.1) is 0 Å². The number of benzene rings is 2. The van der Waals surface area contributed by atoms with E-state index in [1.54, 1.807) is 17.7 Å². The maximum Gasteiger partial charge on any atom is 0.259 e. The Morgan fingerprint density at radius 2 is 1.95 bits per heavy atom. The molecule has 0 saturated carbocycles. The first-order valence-corrected chi connectivity index (χ1v) is 6.94. The summed E-state index contributed by atoms with van der Waals surface area (Å²) < 4.78 is 6.93. The summed E-state index contributed by atoms with van der Waals surface area (Å²) in [5.41, 5.74) is 1.52. The van der Waals surface area contributed by atoms with Crippen LogP contribution in [0.3, 0.4) is 0 Å². The van der Waals surface area contributed by atoms with E-state index in [0.717, 1.165) is 21.9 Å². The maximum absolute atomic E-state index is 12.7. The number of methoxy groups -OCH3 is 1. The quantitative estimate of drug-likeness (QED) is 0.752. The second-order valence-electron chi connectivity index (χ2n) is 4.93. The lowest BCUT2D eigenvalue weighted by Gasteiger charge is -2.14. The van der Waals surface area contributed by atoms with Crippen molar-refractivity contribution in [3.63, 3.8) is 0 Å². The summed E-state index contributed by atoms with van der Waals surface area (Å²) in [4.78, 5) is 12.7. The first-order valence-electron chi connectivity index (χ1n) is 6.94. The Bertz CT molecular complexity index is 880. The highest BCUT2D eigenvalue weighted by Gasteiger charge is 2.13. The van der Waals surface area contributed by atoms with E-state index < -0.39 is 0 Å². The number of hydrogen-bond acceptors (Lipinski definition) is 3. The maximum atomic E-state index is 12.7. The largest absolute Gasteiger partial charge is 0.497 e. The molecule has 0 aliphatic rings. The van der Waals surface area contributed by atoms with Crippen molar-refractivity contribution >= 4 is 21.7 Å². The first kappa shape index (κ1) is 13.6. The molecule has 108 valence electrons. The third-order valence-electron chi connectivity index (χ3n) is 3.87. The molecule has 3 rings (SSSR count). The van der Waals surface area contributed by atoms with Gasteiger partial charge in [0.05, 0.1) is 24.6 Å². The zero-order chi connectivity index (χ0) is 15.0. The monoisotopic (exact) mass is 283 g/mol. The molecule has 0 aliphatic carbocycles. The molecule has 0 spiro atoms. The zero-order valence-electron chi connectivity index (χ0n) is 12.1. The van der Waals surface area contributed by atoms with Gasteiger partial charge in [0.1, 0.15) is 5.75 Å². The second kappa shape index (κ2) is 5.22. The van der Waals surface area contributed by atoms with E-state index in [0.29, 0.717) is 17.7 Å². The molecular weight excluding hydrogens is 266 g/mol. The highest BCUT2D eigenvalue weighted by atomic mass is 16.5. The number of aliphatic hydroxyl groups is 1. The minimum atomic E-state index is -0.0849. The van der Waals surface area contributed by atoms with Gasteiger partial charge >= 0.3 is 0 Å². The number of aromatic nitrogens is 1. The van der Waals surface area contributed by atoms with Crippen molar-refractivity contribution in [3.05, 3.63) is 52.3 Å². The van der Waals surface area contributed by atoms with E-state index in [4.69, 9.17) is 4.74 Å². The van der Waals surface area contributed by atoms with Crippen LogP contribution in [0.15, 0.2) is 41.2 Å². The highest BCUT2D eigenvalue weighted by Crippen LogP contribution is 2.28.